The minimum absolute atomic E-state index is 0.0762. The lowest BCUT2D eigenvalue weighted by molar-refractivity contribution is -0.139. The highest BCUT2D eigenvalue weighted by Crippen LogP contribution is 2.23. The Bertz CT molecular complexity index is 669. The van der Waals surface area contributed by atoms with Crippen LogP contribution in [0.5, 0.6) is 11.5 Å². The summed E-state index contributed by atoms with van der Waals surface area (Å²) in [6, 6.07) is 9.25. The molecule has 24 heavy (non-hydrogen) atoms. The summed E-state index contributed by atoms with van der Waals surface area (Å²) in [6.45, 7) is 2.34. The summed E-state index contributed by atoms with van der Waals surface area (Å²) >= 11 is 0. The van der Waals surface area contributed by atoms with Crippen molar-refractivity contribution < 1.29 is 23.4 Å². The number of rotatable bonds is 8. The Balaban J connectivity index is 1.96. The van der Waals surface area contributed by atoms with Gasteiger partial charge in [0.25, 0.3) is 0 Å². The molecule has 0 bridgehead atoms. The van der Waals surface area contributed by atoms with Crippen LogP contribution in [0.15, 0.2) is 42.5 Å². The van der Waals surface area contributed by atoms with Crippen molar-refractivity contribution in [3.63, 3.8) is 0 Å². The van der Waals surface area contributed by atoms with Gasteiger partial charge in [0, 0.05) is 24.7 Å². The Labute approximate surface area is 139 Å². The summed E-state index contributed by atoms with van der Waals surface area (Å²) in [5, 5.41) is 12.1. The normalized spacial score (nSPS) is 12.0. The molecule has 0 fully saturated rings. The molecule has 2 N–H and O–H groups in total. The molecule has 0 amide bonds. The molecule has 0 saturated carbocycles. The lowest BCUT2D eigenvalue weighted by Gasteiger charge is -2.13. The van der Waals surface area contributed by atoms with E-state index in [4.69, 9.17) is 9.84 Å². The van der Waals surface area contributed by atoms with Crippen LogP contribution in [0.3, 0.4) is 0 Å². The second-order valence-corrected chi connectivity index (χ2v) is 5.41. The fourth-order valence-electron chi connectivity index (χ4n) is 2.24. The summed E-state index contributed by atoms with van der Waals surface area (Å²) in [6.07, 6.45) is 1.34. The van der Waals surface area contributed by atoms with E-state index in [0.717, 1.165) is 30.2 Å². The van der Waals surface area contributed by atoms with E-state index in [-0.39, 0.29) is 5.75 Å². The number of ether oxygens (including phenoxy) is 1. The number of carboxylic acids is 1. The van der Waals surface area contributed by atoms with E-state index in [1.807, 2.05) is 6.92 Å². The van der Waals surface area contributed by atoms with Gasteiger partial charge in [0.15, 0.2) is 0 Å². The zero-order valence-electron chi connectivity index (χ0n) is 13.3. The van der Waals surface area contributed by atoms with E-state index >= 15 is 0 Å². The zero-order valence-corrected chi connectivity index (χ0v) is 13.3. The van der Waals surface area contributed by atoms with Crippen LogP contribution in [0, 0.1) is 11.6 Å². The predicted octanol–water partition coefficient (Wildman–Crippen LogP) is 4.10. The summed E-state index contributed by atoms with van der Waals surface area (Å²) in [7, 11) is 0. The number of nitrogens with one attached hydrogen (secondary N) is 1. The Hall–Kier alpha value is -2.47. The summed E-state index contributed by atoms with van der Waals surface area (Å²) in [4.78, 5) is 11.1. The molecule has 0 heterocycles. The van der Waals surface area contributed by atoms with Crippen LogP contribution in [0.1, 0.15) is 25.3 Å². The molecule has 128 valence electrons. The van der Waals surface area contributed by atoms with Gasteiger partial charge in [0.05, 0.1) is 0 Å². The van der Waals surface area contributed by atoms with Gasteiger partial charge in [0.2, 0.25) is 0 Å². The highest BCUT2D eigenvalue weighted by atomic mass is 19.1. The molecule has 6 heteroatoms. The second kappa shape index (κ2) is 8.40. The quantitative estimate of drug-likeness (QED) is 0.762. The van der Waals surface area contributed by atoms with Crippen molar-refractivity contribution in [2.45, 2.75) is 32.4 Å². The molecule has 0 aliphatic carbocycles. The van der Waals surface area contributed by atoms with Gasteiger partial charge in [0.1, 0.15) is 29.2 Å². The van der Waals surface area contributed by atoms with Crippen molar-refractivity contribution in [2.75, 3.05) is 0 Å². The average Bonchev–Trinajstić information content (AvgIpc) is 2.51. The van der Waals surface area contributed by atoms with E-state index in [1.165, 1.54) is 0 Å². The van der Waals surface area contributed by atoms with Crippen LogP contribution in [0.4, 0.5) is 8.78 Å². The minimum atomic E-state index is -0.870. The van der Waals surface area contributed by atoms with Gasteiger partial charge >= 0.3 is 5.97 Å². The van der Waals surface area contributed by atoms with Gasteiger partial charge in [-0.05, 0) is 24.1 Å². The van der Waals surface area contributed by atoms with E-state index in [0.29, 0.717) is 18.7 Å². The van der Waals surface area contributed by atoms with Crippen LogP contribution < -0.4 is 10.1 Å². The molecule has 0 saturated heterocycles. The standard InChI is InChI=1S/C18H19F2NO3/c1-2-3-17(18(22)23)21-11-12-4-6-15(7-5-12)24-16-9-13(19)8-14(20)10-16/h4-10,17,21H,2-3,11H2,1H3,(H,22,23). The van der Waals surface area contributed by atoms with Crippen molar-refractivity contribution in [3.05, 3.63) is 59.7 Å². The number of carbonyl (C=O) groups is 1. The van der Waals surface area contributed by atoms with E-state index in [9.17, 15) is 13.6 Å². The summed E-state index contributed by atoms with van der Waals surface area (Å²) in [5.74, 6) is -1.77. The average molecular weight is 335 g/mol. The second-order valence-electron chi connectivity index (χ2n) is 5.41. The maximum Gasteiger partial charge on any atom is 0.320 e. The van der Waals surface area contributed by atoms with Crippen molar-refractivity contribution in [2.24, 2.45) is 0 Å². The molecule has 2 aromatic rings. The highest BCUT2D eigenvalue weighted by molar-refractivity contribution is 5.73. The molecule has 0 aromatic heterocycles. The van der Waals surface area contributed by atoms with Gasteiger partial charge in [-0.2, -0.15) is 0 Å². The summed E-state index contributed by atoms with van der Waals surface area (Å²) in [5.41, 5.74) is 0.884. The van der Waals surface area contributed by atoms with Crippen molar-refractivity contribution in [1.82, 2.24) is 5.32 Å². The smallest absolute Gasteiger partial charge is 0.320 e. The van der Waals surface area contributed by atoms with E-state index in [1.54, 1.807) is 24.3 Å². The van der Waals surface area contributed by atoms with Crippen LogP contribution in [0.2, 0.25) is 0 Å². The SMILES string of the molecule is CCCC(NCc1ccc(Oc2cc(F)cc(F)c2)cc1)C(=O)O. The fourth-order valence-corrected chi connectivity index (χ4v) is 2.24. The van der Waals surface area contributed by atoms with Gasteiger partial charge in [-0.3, -0.25) is 4.79 Å². The topological polar surface area (TPSA) is 58.6 Å². The van der Waals surface area contributed by atoms with Crippen molar-refractivity contribution in [3.8, 4) is 11.5 Å². The molecular formula is C18H19F2NO3. The van der Waals surface area contributed by atoms with Crippen molar-refractivity contribution in [1.29, 1.82) is 0 Å². The number of hydrogen-bond acceptors (Lipinski definition) is 3. The Morgan fingerprint density at radius 3 is 2.29 bits per heavy atom. The lowest BCUT2D eigenvalue weighted by Crippen LogP contribution is -2.35. The van der Waals surface area contributed by atoms with Gasteiger partial charge in [-0.1, -0.05) is 25.5 Å². The number of carboxylic acid groups (broad SMARTS) is 1. The highest BCUT2D eigenvalue weighted by Gasteiger charge is 2.15. The van der Waals surface area contributed by atoms with Crippen LogP contribution >= 0.6 is 0 Å². The minimum Gasteiger partial charge on any atom is -0.480 e. The van der Waals surface area contributed by atoms with Crippen molar-refractivity contribution >= 4 is 5.97 Å². The molecule has 0 aliphatic heterocycles. The van der Waals surface area contributed by atoms with Crippen LogP contribution in [0.25, 0.3) is 0 Å². The first-order chi connectivity index (χ1) is 11.5. The van der Waals surface area contributed by atoms with Gasteiger partial charge in [-0.15, -0.1) is 0 Å². The number of halogens is 2. The number of benzene rings is 2. The Morgan fingerprint density at radius 1 is 1.12 bits per heavy atom. The van der Waals surface area contributed by atoms with E-state index in [2.05, 4.69) is 5.32 Å². The first-order valence-electron chi connectivity index (χ1n) is 7.67. The molecule has 0 radical (unpaired) electrons. The molecule has 1 atom stereocenters. The molecule has 1 unspecified atom stereocenters. The Kier molecular flexibility index (Phi) is 6.26. The summed E-state index contributed by atoms with van der Waals surface area (Å²) < 4.78 is 31.6. The van der Waals surface area contributed by atoms with Gasteiger partial charge in [-0.25, -0.2) is 8.78 Å². The molecular weight excluding hydrogens is 316 g/mol. The third kappa shape index (κ3) is 5.31. The maximum absolute atomic E-state index is 13.1. The molecule has 4 nitrogen and oxygen atoms in total. The third-order valence-electron chi connectivity index (χ3n) is 3.42. The fraction of sp³-hybridized carbons (Fsp3) is 0.278. The molecule has 0 aliphatic rings. The third-order valence-corrected chi connectivity index (χ3v) is 3.42. The number of aliphatic carboxylic acids is 1. The first-order valence-corrected chi connectivity index (χ1v) is 7.67. The molecule has 0 spiro atoms. The lowest BCUT2D eigenvalue weighted by atomic mass is 10.1. The molecule has 2 rings (SSSR count). The predicted molar refractivity (Wildman–Crippen MR) is 86.0 cm³/mol. The monoisotopic (exact) mass is 335 g/mol. The van der Waals surface area contributed by atoms with Crippen LogP contribution in [-0.4, -0.2) is 17.1 Å². The number of hydrogen-bond donors (Lipinski definition) is 2. The molecule has 2 aromatic carbocycles. The van der Waals surface area contributed by atoms with E-state index < -0.39 is 23.6 Å². The first kappa shape index (κ1) is 17.9. The van der Waals surface area contributed by atoms with Gasteiger partial charge < -0.3 is 15.2 Å². The Morgan fingerprint density at radius 2 is 1.75 bits per heavy atom. The zero-order chi connectivity index (χ0) is 17.5. The van der Waals surface area contributed by atoms with Crippen LogP contribution in [-0.2, 0) is 11.3 Å². The largest absolute Gasteiger partial charge is 0.480 e. The maximum atomic E-state index is 13.1.